The Balaban J connectivity index is 0.000000239. The molecule has 0 aliphatic carbocycles. The molecule has 82 heavy (non-hydrogen) atoms. The molecule has 4 aromatic carbocycles. The Morgan fingerprint density at radius 3 is 1.43 bits per heavy atom. The average molecular weight is 1170 g/mol. The summed E-state index contributed by atoms with van der Waals surface area (Å²) in [5.74, 6) is -0.558. The quantitative estimate of drug-likeness (QED) is 0.0117. The number of halogens is 4. The zero-order valence-electron chi connectivity index (χ0n) is 46.1. The fraction of sp³-hybridized carbons (Fsp3) is 0.367. The summed E-state index contributed by atoms with van der Waals surface area (Å²) in [5.41, 5.74) is 17.4. The van der Waals surface area contributed by atoms with Crippen molar-refractivity contribution in [2.45, 2.75) is 116 Å². The molecule has 6 N–H and O–H groups in total. The third-order valence-electron chi connectivity index (χ3n) is 13.8. The van der Waals surface area contributed by atoms with Crippen molar-refractivity contribution in [3.63, 3.8) is 0 Å². The fourth-order valence-electron chi connectivity index (χ4n) is 9.53. The second kappa shape index (κ2) is 28.1. The molecule has 4 heterocycles. The molecule has 0 bridgehead atoms. The van der Waals surface area contributed by atoms with Gasteiger partial charge in [0.1, 0.15) is 11.5 Å². The van der Waals surface area contributed by atoms with Crippen LogP contribution in [0.5, 0.6) is 11.5 Å². The van der Waals surface area contributed by atoms with Gasteiger partial charge in [0, 0.05) is 70.0 Å². The summed E-state index contributed by atoms with van der Waals surface area (Å²) in [6.45, 7) is 6.82. The van der Waals surface area contributed by atoms with Gasteiger partial charge < -0.3 is 40.2 Å². The molecule has 0 aliphatic rings. The molecule has 0 saturated carbocycles. The highest BCUT2D eigenvalue weighted by Gasteiger charge is 2.52. The predicted octanol–water partition coefficient (Wildman–Crippen LogP) is 14.0. The van der Waals surface area contributed by atoms with E-state index in [4.69, 9.17) is 50.2 Å². The number of ether oxygens (including phenoxy) is 2. The van der Waals surface area contributed by atoms with Crippen LogP contribution in [-0.2, 0) is 66.3 Å². The van der Waals surface area contributed by atoms with Crippen molar-refractivity contribution in [1.29, 1.82) is 0 Å². The zero-order chi connectivity index (χ0) is 59.2. The number of nitrogens with two attached hydrogens (primary N) is 2. The van der Waals surface area contributed by atoms with Crippen LogP contribution in [0.1, 0.15) is 97.1 Å². The Bertz CT molecular complexity index is 3640. The van der Waals surface area contributed by atoms with E-state index in [0.29, 0.717) is 65.1 Å². The van der Waals surface area contributed by atoms with E-state index in [9.17, 15) is 36.3 Å². The normalized spacial score (nSPS) is 12.0. The summed E-state index contributed by atoms with van der Waals surface area (Å²) in [4.78, 5) is 40.9. The molecule has 0 spiro atoms. The van der Waals surface area contributed by atoms with Crippen LogP contribution in [0, 0.1) is 13.8 Å². The van der Waals surface area contributed by atoms with Gasteiger partial charge >= 0.3 is 30.9 Å². The Hall–Kier alpha value is -7.37. The van der Waals surface area contributed by atoms with Crippen LogP contribution in [0.4, 0.5) is 28.9 Å². The Morgan fingerprint density at radius 1 is 0.598 bits per heavy atom. The number of rotatable bonds is 28. The van der Waals surface area contributed by atoms with E-state index in [2.05, 4.69) is 9.97 Å². The van der Waals surface area contributed by atoms with Crippen molar-refractivity contribution >= 4 is 83.0 Å². The second-order valence-corrected chi connectivity index (χ2v) is 22.7. The number of aliphatic carboxylic acids is 2. The number of nitrogen functional groups attached to an aromatic ring is 2. The molecule has 16 nitrogen and oxygen atoms in total. The number of hydrogen-bond acceptors (Lipinski definition) is 14. The summed E-state index contributed by atoms with van der Waals surface area (Å²) >= 11 is 0. The first kappa shape index (κ1) is 62.2. The molecule has 0 aliphatic heterocycles. The van der Waals surface area contributed by atoms with Gasteiger partial charge in [-0.2, -0.15) is 17.6 Å². The minimum Gasteiger partial charge on any atom is -0.494 e. The summed E-state index contributed by atoms with van der Waals surface area (Å²) < 4.78 is 99.0. The topological polar surface area (TPSA) is 249 Å². The van der Waals surface area contributed by atoms with E-state index in [-0.39, 0.29) is 52.1 Å². The van der Waals surface area contributed by atoms with Crippen molar-refractivity contribution in [3.8, 4) is 11.5 Å². The van der Waals surface area contributed by atoms with E-state index in [1.807, 2.05) is 80.6 Å². The molecule has 434 valence electrons. The number of carboxylic acids is 2. The third kappa shape index (κ3) is 16.0. The third-order valence-corrected chi connectivity index (χ3v) is 16.5. The minimum absolute atomic E-state index is 0.00934. The van der Waals surface area contributed by atoms with E-state index < -0.39 is 52.2 Å². The van der Waals surface area contributed by atoms with E-state index in [1.54, 1.807) is 30.6 Å². The number of alkyl halides is 4. The van der Waals surface area contributed by atoms with Crippen molar-refractivity contribution in [2.24, 2.45) is 0 Å². The first-order chi connectivity index (χ1) is 39.1. The lowest BCUT2D eigenvalue weighted by Crippen LogP contribution is -2.21. The van der Waals surface area contributed by atoms with Crippen molar-refractivity contribution < 1.29 is 65.0 Å². The van der Waals surface area contributed by atoms with Crippen LogP contribution in [0.2, 0.25) is 0 Å². The van der Waals surface area contributed by atoms with Gasteiger partial charge in [-0.1, -0.05) is 36.4 Å². The van der Waals surface area contributed by atoms with Gasteiger partial charge in [0.25, 0.3) is 0 Å². The Morgan fingerprint density at radius 2 is 1.02 bits per heavy atom. The summed E-state index contributed by atoms with van der Waals surface area (Å²) in [6, 6.07) is 26.4. The van der Waals surface area contributed by atoms with Gasteiger partial charge in [-0.3, -0.25) is 38.7 Å². The average Bonchev–Trinajstić information content (AvgIpc) is 3.64. The first-order valence-corrected chi connectivity index (χ1v) is 29.3. The van der Waals surface area contributed by atoms with Crippen LogP contribution in [0.15, 0.2) is 97.3 Å². The molecule has 0 radical (unpaired) electrons. The molecular formula is C60H66F4N6O10P2. The number of hydrogen-bond donors (Lipinski definition) is 4. The van der Waals surface area contributed by atoms with E-state index >= 15 is 0 Å². The highest BCUT2D eigenvalue weighted by molar-refractivity contribution is 7.55. The Labute approximate surface area is 473 Å². The number of carbonyl (C=O) groups is 2. The van der Waals surface area contributed by atoms with E-state index in [0.717, 1.165) is 84.7 Å². The van der Waals surface area contributed by atoms with Crippen molar-refractivity contribution in [1.82, 2.24) is 19.9 Å². The van der Waals surface area contributed by atoms with Crippen LogP contribution >= 0.6 is 16.1 Å². The molecule has 4 aromatic heterocycles. The maximum absolute atomic E-state index is 14.6. The van der Waals surface area contributed by atoms with Gasteiger partial charge in [-0.25, -0.2) is 0 Å². The number of aromatic nitrogens is 4. The van der Waals surface area contributed by atoms with E-state index in [1.165, 1.54) is 13.8 Å². The van der Waals surface area contributed by atoms with Crippen LogP contribution < -0.4 is 20.9 Å². The second-order valence-electron chi connectivity index (χ2n) is 19.7. The molecule has 8 rings (SSSR count). The number of aryl methyl sites for hydroxylation is 8. The molecule has 22 heteroatoms. The summed E-state index contributed by atoms with van der Waals surface area (Å²) in [7, 11) is -5.70. The van der Waals surface area contributed by atoms with Crippen LogP contribution in [0.25, 0.3) is 43.6 Å². The fourth-order valence-corrected chi connectivity index (χ4v) is 11.3. The maximum Gasteiger partial charge on any atom is 0.399 e. The van der Waals surface area contributed by atoms with Gasteiger partial charge in [0.2, 0.25) is 8.46 Å². The number of pyridine rings is 4. The lowest BCUT2D eigenvalue weighted by molar-refractivity contribution is -0.138. The van der Waals surface area contributed by atoms with Gasteiger partial charge in [-0.15, -0.1) is 0 Å². The first-order valence-electron chi connectivity index (χ1n) is 26.9. The number of nitrogens with zero attached hydrogens (tertiary/aromatic N) is 4. The number of carboxylic acid groups (broad SMARTS) is 2. The van der Waals surface area contributed by atoms with Crippen LogP contribution in [-0.4, -0.2) is 79.8 Å². The molecule has 0 unspecified atom stereocenters. The van der Waals surface area contributed by atoms with Crippen molar-refractivity contribution in [3.05, 3.63) is 142 Å². The van der Waals surface area contributed by atoms with Crippen molar-refractivity contribution in [2.75, 3.05) is 37.9 Å². The highest BCUT2D eigenvalue weighted by atomic mass is 31.2. The molecule has 0 amide bonds. The molecule has 8 aromatic rings. The largest absolute Gasteiger partial charge is 0.494 e. The molecule has 0 fully saturated rings. The molecular weight excluding hydrogens is 1100 g/mol. The van der Waals surface area contributed by atoms with Gasteiger partial charge in [0.15, 0.2) is 0 Å². The van der Waals surface area contributed by atoms with Crippen LogP contribution in [0.3, 0.4) is 0 Å². The smallest absolute Gasteiger partial charge is 0.399 e. The predicted molar refractivity (Wildman–Crippen MR) is 310 cm³/mol. The standard InChI is InChI=1S/C32H38F2N3O6P.C28H28F2N3O4P/c1-4-42-44(40,43-5-2)32(33,34)17-6-18-41-25-13-8-22(21(3)19-25)7-11-24-12-14-26-28(37-24)20-36-31-23(10-16-29(38)39)9-15-27(35)30(26)31;1-17-15-21(37-14-2-13-28(29,30)38-36)9-4-18(17)3-7-20-8-10-22-24(33-20)16-32-27-19(6-12-25(34)35)5-11-23(31)26(22)27/h8-9,12-15,19-20H,4-7,10-11,16-18,35H2,1-3H3,(H,38,39);4-5,8-11,15-16H,2-3,6-7,12-14,31H2,1H3,(H,34,35). The number of fused-ring (bicyclic) bond motifs is 6. The summed E-state index contributed by atoms with van der Waals surface area (Å²) in [5, 5.41) is 21.4. The molecule has 0 saturated heterocycles. The molecule has 0 atom stereocenters. The summed E-state index contributed by atoms with van der Waals surface area (Å²) in [6.07, 6.45) is 5.94. The van der Waals surface area contributed by atoms with Gasteiger partial charge in [-0.05, 0) is 161 Å². The number of anilines is 2. The highest BCUT2D eigenvalue weighted by Crippen LogP contribution is 2.63. The zero-order valence-corrected chi connectivity index (χ0v) is 47.9. The SMILES string of the molecule is CCOP(=O)(OCC)C(F)(F)CCCOc1ccc(CCc2ccc3c(cnc4c(CCC(=O)O)ccc(N)c43)n2)c(C)c1.Cc1cc(OCCCC(F)(F)P=O)ccc1CCc1ccc2c(cnc3c(CCC(=O)O)ccc(N)c32)n1. The maximum atomic E-state index is 14.6. The van der Waals surface area contributed by atoms with Gasteiger partial charge in [0.05, 0.1) is 60.9 Å². The lowest BCUT2D eigenvalue weighted by atomic mass is 10.00. The monoisotopic (exact) mass is 1170 g/mol. The minimum atomic E-state index is -4.54. The Kier molecular flexibility index (Phi) is 21.3. The lowest BCUT2D eigenvalue weighted by Gasteiger charge is -2.25. The number of benzene rings is 4.